The predicted molar refractivity (Wildman–Crippen MR) is 140 cm³/mol. The molecule has 0 unspecified atom stereocenters. The summed E-state index contributed by atoms with van der Waals surface area (Å²) in [6.45, 7) is 0. The van der Waals surface area contributed by atoms with Gasteiger partial charge in [-0.2, -0.15) is 0 Å². The van der Waals surface area contributed by atoms with Crippen LogP contribution in [0, 0.1) is 3.57 Å². The summed E-state index contributed by atoms with van der Waals surface area (Å²) in [6, 6.07) is 35.2. The lowest BCUT2D eigenvalue weighted by molar-refractivity contribution is 1.33. The molecule has 0 aliphatic rings. The Balaban J connectivity index is 1.63. The van der Waals surface area contributed by atoms with Crippen molar-refractivity contribution in [1.29, 1.82) is 0 Å². The fraction of sp³-hybridized carbons (Fsp3) is 0. The summed E-state index contributed by atoms with van der Waals surface area (Å²) in [4.78, 5) is 4.29. The molecule has 0 atom stereocenters. The van der Waals surface area contributed by atoms with Gasteiger partial charge in [-0.1, -0.05) is 66.7 Å². The summed E-state index contributed by atoms with van der Waals surface area (Å²) >= 11 is 2.41. The van der Waals surface area contributed by atoms with E-state index in [0.29, 0.717) is 0 Å². The van der Waals surface area contributed by atoms with E-state index >= 15 is 0 Å². The molecule has 31 heavy (non-hydrogen) atoms. The van der Waals surface area contributed by atoms with E-state index in [0.717, 1.165) is 5.56 Å². The molecule has 6 rings (SSSR count). The molecule has 0 spiro atoms. The highest BCUT2D eigenvalue weighted by molar-refractivity contribution is 14.1. The van der Waals surface area contributed by atoms with Crippen molar-refractivity contribution in [2.75, 3.05) is 0 Å². The molecule has 2 heteroatoms. The number of rotatable bonds is 2. The van der Waals surface area contributed by atoms with Crippen molar-refractivity contribution in [2.24, 2.45) is 0 Å². The zero-order chi connectivity index (χ0) is 20.8. The monoisotopic (exact) mass is 507 g/mol. The van der Waals surface area contributed by atoms with Crippen LogP contribution in [0.4, 0.5) is 0 Å². The van der Waals surface area contributed by atoms with Gasteiger partial charge in [0.15, 0.2) is 0 Å². The van der Waals surface area contributed by atoms with Crippen LogP contribution in [0.3, 0.4) is 0 Å². The molecule has 0 radical (unpaired) electrons. The minimum absolute atomic E-state index is 1.14. The summed E-state index contributed by atoms with van der Waals surface area (Å²) in [5.41, 5.74) is 4.79. The van der Waals surface area contributed by atoms with E-state index in [-0.39, 0.29) is 0 Å². The highest BCUT2D eigenvalue weighted by atomic mass is 127. The molecule has 0 N–H and O–H groups in total. The lowest BCUT2D eigenvalue weighted by Crippen LogP contribution is -1.87. The Labute approximate surface area is 194 Å². The predicted octanol–water partition coefficient (Wildman–Crippen LogP) is 8.48. The van der Waals surface area contributed by atoms with Gasteiger partial charge in [0, 0.05) is 21.5 Å². The van der Waals surface area contributed by atoms with Gasteiger partial charge in [-0.25, -0.2) is 0 Å². The number of halogens is 1. The molecule has 0 amide bonds. The second-order valence-corrected chi connectivity index (χ2v) is 9.07. The van der Waals surface area contributed by atoms with Gasteiger partial charge in [0.05, 0.1) is 0 Å². The number of benzene rings is 5. The molecule has 0 saturated carbocycles. The van der Waals surface area contributed by atoms with Gasteiger partial charge in [0.2, 0.25) is 0 Å². The van der Waals surface area contributed by atoms with Crippen molar-refractivity contribution in [2.45, 2.75) is 0 Å². The van der Waals surface area contributed by atoms with Crippen LogP contribution in [0.1, 0.15) is 0 Å². The molecular formula is C29H18IN. The van der Waals surface area contributed by atoms with Crippen LogP contribution in [-0.2, 0) is 0 Å². The van der Waals surface area contributed by atoms with Crippen molar-refractivity contribution >= 4 is 54.9 Å². The zero-order valence-electron chi connectivity index (χ0n) is 16.7. The number of hydrogen-bond acceptors (Lipinski definition) is 1. The van der Waals surface area contributed by atoms with Crippen LogP contribution in [-0.4, -0.2) is 4.98 Å². The van der Waals surface area contributed by atoms with Gasteiger partial charge >= 0.3 is 0 Å². The minimum atomic E-state index is 1.14. The molecule has 0 bridgehead atoms. The van der Waals surface area contributed by atoms with Crippen LogP contribution >= 0.6 is 22.6 Å². The highest BCUT2D eigenvalue weighted by Crippen LogP contribution is 2.37. The first-order chi connectivity index (χ1) is 15.3. The number of nitrogens with zero attached hydrogens (tertiary/aromatic N) is 1. The van der Waals surface area contributed by atoms with E-state index in [9.17, 15) is 0 Å². The van der Waals surface area contributed by atoms with Crippen LogP contribution < -0.4 is 0 Å². The van der Waals surface area contributed by atoms with Crippen LogP contribution in [0.15, 0.2) is 109 Å². The Morgan fingerprint density at radius 3 is 1.65 bits per heavy atom. The van der Waals surface area contributed by atoms with Crippen molar-refractivity contribution in [3.05, 3.63) is 113 Å². The Hall–Kier alpha value is -3.24. The summed E-state index contributed by atoms with van der Waals surface area (Å²) < 4.78 is 1.22. The zero-order valence-corrected chi connectivity index (χ0v) is 18.9. The SMILES string of the molecule is Ic1cc(-c2cccnc2)cc(-c2ccc3c4ccccc4c4ccccc4c3c2)c1. The molecule has 0 aliphatic heterocycles. The molecular weight excluding hydrogens is 489 g/mol. The van der Waals surface area contributed by atoms with Crippen molar-refractivity contribution in [3.8, 4) is 22.3 Å². The normalized spacial score (nSPS) is 11.4. The molecule has 146 valence electrons. The highest BCUT2D eigenvalue weighted by Gasteiger charge is 2.10. The average Bonchev–Trinajstić information content (AvgIpc) is 2.84. The van der Waals surface area contributed by atoms with E-state index in [1.54, 1.807) is 0 Å². The molecule has 5 aromatic carbocycles. The van der Waals surface area contributed by atoms with Crippen molar-refractivity contribution in [3.63, 3.8) is 0 Å². The molecule has 6 aromatic rings. The summed E-state index contributed by atoms with van der Waals surface area (Å²) in [7, 11) is 0. The van der Waals surface area contributed by atoms with E-state index in [1.807, 2.05) is 18.5 Å². The summed E-state index contributed by atoms with van der Waals surface area (Å²) in [5.74, 6) is 0. The Morgan fingerprint density at radius 2 is 1.03 bits per heavy atom. The number of pyridine rings is 1. The number of aromatic nitrogens is 1. The second kappa shape index (κ2) is 7.47. The fourth-order valence-electron chi connectivity index (χ4n) is 4.54. The van der Waals surface area contributed by atoms with Gasteiger partial charge in [0.1, 0.15) is 0 Å². The third-order valence-electron chi connectivity index (χ3n) is 5.97. The van der Waals surface area contributed by atoms with Gasteiger partial charge in [-0.15, -0.1) is 0 Å². The molecule has 0 fully saturated rings. The number of fused-ring (bicyclic) bond motifs is 6. The van der Waals surface area contributed by atoms with Gasteiger partial charge < -0.3 is 0 Å². The lowest BCUT2D eigenvalue weighted by Gasteiger charge is -2.13. The largest absolute Gasteiger partial charge is 0.264 e. The van der Waals surface area contributed by atoms with Crippen LogP contribution in [0.25, 0.3) is 54.6 Å². The van der Waals surface area contributed by atoms with Crippen molar-refractivity contribution < 1.29 is 0 Å². The Kier molecular flexibility index (Phi) is 4.46. The molecule has 1 heterocycles. The third kappa shape index (κ3) is 3.19. The fourth-order valence-corrected chi connectivity index (χ4v) is 5.21. The second-order valence-electron chi connectivity index (χ2n) is 7.82. The summed E-state index contributed by atoms with van der Waals surface area (Å²) in [5, 5.41) is 7.83. The van der Waals surface area contributed by atoms with E-state index < -0.39 is 0 Å². The maximum Gasteiger partial charge on any atom is 0.0346 e. The first kappa shape index (κ1) is 18.5. The first-order valence-electron chi connectivity index (χ1n) is 10.3. The van der Waals surface area contributed by atoms with Gasteiger partial charge in [-0.3, -0.25) is 4.98 Å². The van der Waals surface area contributed by atoms with E-state index in [4.69, 9.17) is 0 Å². The quantitative estimate of drug-likeness (QED) is 0.169. The van der Waals surface area contributed by atoms with Gasteiger partial charge in [-0.05, 0) is 102 Å². The molecule has 0 saturated heterocycles. The molecule has 1 aromatic heterocycles. The van der Waals surface area contributed by atoms with Crippen LogP contribution in [0.5, 0.6) is 0 Å². The summed E-state index contributed by atoms with van der Waals surface area (Å²) in [6.07, 6.45) is 3.74. The first-order valence-corrected chi connectivity index (χ1v) is 11.4. The molecule has 0 aliphatic carbocycles. The topological polar surface area (TPSA) is 12.9 Å². The maximum atomic E-state index is 4.29. The standard InChI is InChI=1S/C29H18IN/c30-23-15-21(14-22(16-23)20-6-5-13-31-18-20)19-11-12-28-26-9-2-1-7-24(26)25-8-3-4-10-27(25)29(28)17-19/h1-18H. The lowest BCUT2D eigenvalue weighted by atomic mass is 9.91. The smallest absolute Gasteiger partial charge is 0.0346 e. The maximum absolute atomic E-state index is 4.29. The number of hydrogen-bond donors (Lipinski definition) is 0. The Morgan fingerprint density at radius 1 is 0.452 bits per heavy atom. The minimum Gasteiger partial charge on any atom is -0.264 e. The van der Waals surface area contributed by atoms with Gasteiger partial charge in [0.25, 0.3) is 0 Å². The van der Waals surface area contributed by atoms with Crippen molar-refractivity contribution in [1.82, 2.24) is 4.98 Å². The van der Waals surface area contributed by atoms with Crippen LogP contribution in [0.2, 0.25) is 0 Å². The third-order valence-corrected chi connectivity index (χ3v) is 6.59. The van der Waals surface area contributed by atoms with E-state index in [1.165, 1.54) is 52.6 Å². The van der Waals surface area contributed by atoms with E-state index in [2.05, 4.69) is 119 Å². The average molecular weight is 507 g/mol. The Bertz CT molecular complexity index is 1550. The molecule has 1 nitrogen and oxygen atoms in total.